The third kappa shape index (κ3) is 2.27. The Hall–Kier alpha value is -0.880. The molecule has 84 valence electrons. The van der Waals surface area contributed by atoms with E-state index < -0.39 is 0 Å². The van der Waals surface area contributed by atoms with Gasteiger partial charge in [-0.2, -0.15) is 5.10 Å². The number of hydrogen-bond acceptors (Lipinski definition) is 2. The van der Waals surface area contributed by atoms with Gasteiger partial charge in [0.15, 0.2) is 0 Å². The van der Waals surface area contributed by atoms with Crippen LogP contribution < -0.4 is 5.32 Å². The first-order chi connectivity index (χ1) is 7.72. The number of aromatic nitrogens is 2. The molecule has 2 rings (SSSR count). The number of nitrogens with zero attached hydrogens (tertiary/aromatic N) is 2. The van der Waals surface area contributed by atoms with E-state index in [0.29, 0.717) is 0 Å². The van der Waals surface area contributed by atoms with E-state index >= 15 is 0 Å². The Balaban J connectivity index is 2.40. The molecule has 0 fully saturated rings. The minimum absolute atomic E-state index is 0.161. The molecule has 3 nitrogen and oxygen atoms in total. The van der Waals surface area contributed by atoms with Crippen molar-refractivity contribution in [1.29, 1.82) is 0 Å². The monoisotopic (exact) mass is 327 g/mol. The normalized spacial score (nSPS) is 12.7. The Morgan fingerprint density at radius 1 is 1.31 bits per heavy atom. The highest BCUT2D eigenvalue weighted by molar-refractivity contribution is 14.1. The van der Waals surface area contributed by atoms with Crippen LogP contribution in [0.25, 0.3) is 0 Å². The number of benzene rings is 1. The zero-order chi connectivity index (χ0) is 11.5. The summed E-state index contributed by atoms with van der Waals surface area (Å²) in [7, 11) is 3.90. The summed E-state index contributed by atoms with van der Waals surface area (Å²) in [5.74, 6) is 0. The molecule has 4 heteroatoms. The first-order valence-electron chi connectivity index (χ1n) is 5.13. The number of nitrogens with one attached hydrogen (secondary N) is 1. The molecular weight excluding hydrogens is 313 g/mol. The number of aryl methyl sites for hydroxylation is 1. The SMILES string of the molecule is CNC(c1ccn(C)n1)c1ccccc1I. The van der Waals surface area contributed by atoms with Crippen LogP contribution in [0.4, 0.5) is 0 Å². The van der Waals surface area contributed by atoms with Gasteiger partial charge in [-0.1, -0.05) is 18.2 Å². The molecule has 0 aliphatic heterocycles. The summed E-state index contributed by atoms with van der Waals surface area (Å²) in [6.07, 6.45) is 1.97. The average molecular weight is 327 g/mol. The van der Waals surface area contributed by atoms with Crippen molar-refractivity contribution in [1.82, 2.24) is 15.1 Å². The predicted octanol–water partition coefficient (Wildman–Crippen LogP) is 2.33. The van der Waals surface area contributed by atoms with Gasteiger partial charge >= 0.3 is 0 Å². The van der Waals surface area contributed by atoms with Gasteiger partial charge < -0.3 is 5.32 Å². The second-order valence-corrected chi connectivity index (χ2v) is 4.82. The van der Waals surface area contributed by atoms with Gasteiger partial charge in [0.2, 0.25) is 0 Å². The van der Waals surface area contributed by atoms with Crippen molar-refractivity contribution in [2.24, 2.45) is 7.05 Å². The van der Waals surface area contributed by atoms with E-state index in [0.717, 1.165) is 5.69 Å². The molecule has 0 bridgehead atoms. The van der Waals surface area contributed by atoms with Crippen LogP contribution in [0.1, 0.15) is 17.3 Å². The molecule has 1 atom stereocenters. The number of hydrogen-bond donors (Lipinski definition) is 1. The molecule has 16 heavy (non-hydrogen) atoms. The smallest absolute Gasteiger partial charge is 0.0839 e. The lowest BCUT2D eigenvalue weighted by Crippen LogP contribution is -2.19. The van der Waals surface area contributed by atoms with Crippen molar-refractivity contribution in [3.05, 3.63) is 51.4 Å². The summed E-state index contributed by atoms with van der Waals surface area (Å²) in [5, 5.41) is 7.76. The van der Waals surface area contributed by atoms with E-state index in [9.17, 15) is 0 Å². The topological polar surface area (TPSA) is 29.9 Å². The fourth-order valence-electron chi connectivity index (χ4n) is 1.76. The lowest BCUT2D eigenvalue weighted by atomic mass is 10.0. The van der Waals surface area contributed by atoms with Crippen LogP contribution >= 0.6 is 22.6 Å². The van der Waals surface area contributed by atoms with Crippen LogP contribution in [0.3, 0.4) is 0 Å². The van der Waals surface area contributed by atoms with E-state index in [-0.39, 0.29) is 6.04 Å². The van der Waals surface area contributed by atoms with E-state index in [2.05, 4.69) is 57.3 Å². The molecule has 0 radical (unpaired) electrons. The Bertz CT molecular complexity index is 479. The maximum Gasteiger partial charge on any atom is 0.0839 e. The summed E-state index contributed by atoms with van der Waals surface area (Å²) in [5.41, 5.74) is 2.32. The Morgan fingerprint density at radius 3 is 2.62 bits per heavy atom. The second kappa shape index (κ2) is 4.97. The van der Waals surface area contributed by atoms with Gasteiger partial charge in [0, 0.05) is 16.8 Å². The highest BCUT2D eigenvalue weighted by Crippen LogP contribution is 2.24. The van der Waals surface area contributed by atoms with Crippen LogP contribution in [0, 0.1) is 3.57 Å². The van der Waals surface area contributed by atoms with Crippen molar-refractivity contribution in [3.63, 3.8) is 0 Å². The van der Waals surface area contributed by atoms with Crippen molar-refractivity contribution in [2.75, 3.05) is 7.05 Å². The predicted molar refractivity (Wildman–Crippen MR) is 73.3 cm³/mol. The maximum absolute atomic E-state index is 4.45. The Morgan fingerprint density at radius 2 is 2.06 bits per heavy atom. The minimum Gasteiger partial charge on any atom is -0.308 e. The van der Waals surface area contributed by atoms with Crippen molar-refractivity contribution in [3.8, 4) is 0 Å². The van der Waals surface area contributed by atoms with Gasteiger partial charge in [0.1, 0.15) is 0 Å². The quantitative estimate of drug-likeness (QED) is 0.877. The molecule has 1 aromatic heterocycles. The zero-order valence-corrected chi connectivity index (χ0v) is 11.5. The molecule has 0 aliphatic rings. The van der Waals surface area contributed by atoms with Gasteiger partial charge in [0.25, 0.3) is 0 Å². The number of halogens is 1. The lowest BCUT2D eigenvalue weighted by Gasteiger charge is -2.15. The van der Waals surface area contributed by atoms with E-state index in [1.807, 2.05) is 31.0 Å². The van der Waals surface area contributed by atoms with Gasteiger partial charge in [-0.3, -0.25) is 4.68 Å². The lowest BCUT2D eigenvalue weighted by molar-refractivity contribution is 0.640. The molecular formula is C12H14IN3. The van der Waals surface area contributed by atoms with Crippen LogP contribution in [-0.4, -0.2) is 16.8 Å². The first-order valence-corrected chi connectivity index (χ1v) is 6.21. The molecule has 1 unspecified atom stereocenters. The summed E-state index contributed by atoms with van der Waals surface area (Å²) >= 11 is 2.36. The highest BCUT2D eigenvalue weighted by atomic mass is 127. The second-order valence-electron chi connectivity index (χ2n) is 3.66. The van der Waals surface area contributed by atoms with E-state index in [4.69, 9.17) is 0 Å². The zero-order valence-electron chi connectivity index (χ0n) is 9.31. The summed E-state index contributed by atoms with van der Waals surface area (Å²) in [6, 6.07) is 10.6. The van der Waals surface area contributed by atoms with E-state index in [1.165, 1.54) is 9.13 Å². The largest absolute Gasteiger partial charge is 0.308 e. The summed E-state index contributed by atoms with van der Waals surface area (Å²) in [6.45, 7) is 0. The van der Waals surface area contributed by atoms with Crippen molar-refractivity contribution < 1.29 is 0 Å². The van der Waals surface area contributed by atoms with Crippen LogP contribution in [-0.2, 0) is 7.05 Å². The third-order valence-electron chi connectivity index (χ3n) is 2.53. The van der Waals surface area contributed by atoms with Gasteiger partial charge in [-0.15, -0.1) is 0 Å². The molecule has 0 spiro atoms. The van der Waals surface area contributed by atoms with Gasteiger partial charge in [-0.25, -0.2) is 0 Å². The van der Waals surface area contributed by atoms with Crippen LogP contribution in [0.5, 0.6) is 0 Å². The summed E-state index contributed by atoms with van der Waals surface area (Å²) < 4.78 is 3.08. The average Bonchev–Trinajstić information content (AvgIpc) is 2.69. The molecule has 0 saturated carbocycles. The van der Waals surface area contributed by atoms with Crippen LogP contribution in [0.2, 0.25) is 0 Å². The minimum atomic E-state index is 0.161. The van der Waals surface area contributed by atoms with Crippen LogP contribution in [0.15, 0.2) is 36.5 Å². The van der Waals surface area contributed by atoms with Crippen molar-refractivity contribution >= 4 is 22.6 Å². The summed E-state index contributed by atoms with van der Waals surface area (Å²) in [4.78, 5) is 0. The third-order valence-corrected chi connectivity index (χ3v) is 3.52. The van der Waals surface area contributed by atoms with Gasteiger partial charge in [0.05, 0.1) is 11.7 Å². The molecule has 1 heterocycles. The molecule has 0 saturated heterocycles. The molecule has 0 amide bonds. The standard InChI is InChI=1S/C12H14IN3/c1-14-12(11-7-8-16(2)15-11)9-5-3-4-6-10(9)13/h3-8,12,14H,1-2H3. The maximum atomic E-state index is 4.45. The molecule has 2 aromatic rings. The first kappa shape index (κ1) is 11.6. The Kier molecular flexibility index (Phi) is 3.60. The van der Waals surface area contributed by atoms with Crippen molar-refractivity contribution in [2.45, 2.75) is 6.04 Å². The molecule has 1 aromatic carbocycles. The van der Waals surface area contributed by atoms with E-state index in [1.54, 1.807) is 0 Å². The molecule has 0 aliphatic carbocycles. The number of rotatable bonds is 3. The fourth-order valence-corrected chi connectivity index (χ4v) is 2.46. The van der Waals surface area contributed by atoms with Gasteiger partial charge in [-0.05, 0) is 47.3 Å². The Labute approximate surface area is 109 Å². The highest BCUT2D eigenvalue weighted by Gasteiger charge is 2.16. The fraction of sp³-hybridized carbons (Fsp3) is 0.250. The molecule has 1 N–H and O–H groups in total.